The molecule has 2 amide bonds. The van der Waals surface area contributed by atoms with Crippen LogP contribution in [0.4, 0.5) is 11.4 Å². The number of benzene rings is 3. The Kier molecular flexibility index (Phi) is 7.53. The normalized spacial score (nSPS) is 10.4. The molecule has 10 heteroatoms. The number of thioether (sulfide) groups is 1. The van der Waals surface area contributed by atoms with Crippen molar-refractivity contribution in [3.63, 3.8) is 0 Å². The van der Waals surface area contributed by atoms with E-state index in [1.807, 2.05) is 6.07 Å². The smallest absolute Gasteiger partial charge is 0.278 e. The summed E-state index contributed by atoms with van der Waals surface area (Å²) in [6.07, 6.45) is 0. The van der Waals surface area contributed by atoms with Gasteiger partial charge in [0.1, 0.15) is 5.75 Å². The lowest BCUT2D eigenvalue weighted by atomic mass is 10.1. The summed E-state index contributed by atoms with van der Waals surface area (Å²) in [5, 5.41) is 13.9. The van der Waals surface area contributed by atoms with Crippen LogP contribution in [0.2, 0.25) is 0 Å². The molecule has 0 atom stereocenters. The Morgan fingerprint density at radius 3 is 2.34 bits per heavy atom. The van der Waals surface area contributed by atoms with Gasteiger partial charge in [0.15, 0.2) is 10.9 Å². The van der Waals surface area contributed by atoms with Crippen molar-refractivity contribution in [2.45, 2.75) is 5.16 Å². The molecule has 3 aromatic carbocycles. The molecule has 0 bridgehead atoms. The maximum absolute atomic E-state index is 12.7. The largest absolute Gasteiger partial charge is 0.497 e. The number of carbonyl (C=O) groups excluding carboxylic acids is 2. The average molecular weight is 488 g/mol. The van der Waals surface area contributed by atoms with Crippen molar-refractivity contribution in [1.82, 2.24) is 15.2 Å². The van der Waals surface area contributed by atoms with Gasteiger partial charge in [-0.2, -0.15) is 0 Å². The van der Waals surface area contributed by atoms with Crippen LogP contribution in [0.15, 0.2) is 88.8 Å². The number of nitrogens with one attached hydrogen (secondary N) is 3. The van der Waals surface area contributed by atoms with Crippen molar-refractivity contribution in [1.29, 1.82) is 0 Å². The lowest BCUT2D eigenvalue weighted by molar-refractivity contribution is -0.113. The quantitative estimate of drug-likeness (QED) is 0.323. The minimum absolute atomic E-state index is 0.0275. The average Bonchev–Trinajstić information content (AvgIpc) is 2.89. The van der Waals surface area contributed by atoms with E-state index in [1.165, 1.54) is 0 Å². The number of rotatable bonds is 8. The van der Waals surface area contributed by atoms with Crippen molar-refractivity contribution >= 4 is 35.0 Å². The lowest BCUT2D eigenvalue weighted by Gasteiger charge is -2.10. The Balaban J connectivity index is 1.43. The molecule has 9 nitrogen and oxygen atoms in total. The Morgan fingerprint density at radius 1 is 0.914 bits per heavy atom. The summed E-state index contributed by atoms with van der Waals surface area (Å²) in [7, 11) is 1.57. The number of H-pyrrole nitrogens is 1. The predicted molar refractivity (Wildman–Crippen MR) is 135 cm³/mol. The minimum Gasteiger partial charge on any atom is -0.497 e. The van der Waals surface area contributed by atoms with Crippen LogP contribution < -0.4 is 20.9 Å². The highest BCUT2D eigenvalue weighted by atomic mass is 32.2. The first kappa shape index (κ1) is 23.7. The highest BCUT2D eigenvalue weighted by molar-refractivity contribution is 7.99. The van der Waals surface area contributed by atoms with Crippen LogP contribution in [0.5, 0.6) is 5.75 Å². The summed E-state index contributed by atoms with van der Waals surface area (Å²) in [5.74, 6) is 0.143. The number of hydrogen-bond acceptors (Lipinski definition) is 7. The van der Waals surface area contributed by atoms with E-state index in [0.29, 0.717) is 28.3 Å². The zero-order chi connectivity index (χ0) is 24.6. The van der Waals surface area contributed by atoms with Gasteiger partial charge in [0.25, 0.3) is 11.5 Å². The molecule has 0 saturated heterocycles. The monoisotopic (exact) mass is 487 g/mol. The second-order valence-corrected chi connectivity index (χ2v) is 8.20. The van der Waals surface area contributed by atoms with E-state index in [-0.39, 0.29) is 28.4 Å². The van der Waals surface area contributed by atoms with Gasteiger partial charge in [0, 0.05) is 16.8 Å². The van der Waals surface area contributed by atoms with E-state index in [0.717, 1.165) is 11.8 Å². The molecule has 35 heavy (non-hydrogen) atoms. The van der Waals surface area contributed by atoms with Gasteiger partial charge in [-0.25, -0.2) is 0 Å². The van der Waals surface area contributed by atoms with Crippen molar-refractivity contribution in [2.75, 3.05) is 23.5 Å². The van der Waals surface area contributed by atoms with E-state index in [4.69, 9.17) is 4.74 Å². The molecular weight excluding hydrogens is 466 g/mol. The van der Waals surface area contributed by atoms with E-state index in [9.17, 15) is 14.4 Å². The number of ether oxygens (including phenoxy) is 1. The molecule has 0 aliphatic heterocycles. The molecule has 0 unspecified atom stereocenters. The molecule has 4 aromatic rings. The van der Waals surface area contributed by atoms with Gasteiger partial charge in [0.05, 0.1) is 18.6 Å². The summed E-state index contributed by atoms with van der Waals surface area (Å²) in [4.78, 5) is 40.2. The molecule has 0 spiro atoms. The summed E-state index contributed by atoms with van der Waals surface area (Å²) < 4.78 is 5.09. The van der Waals surface area contributed by atoms with Crippen LogP contribution in [0.25, 0.3) is 11.3 Å². The zero-order valence-electron chi connectivity index (χ0n) is 18.6. The first-order chi connectivity index (χ1) is 17.0. The van der Waals surface area contributed by atoms with Crippen molar-refractivity contribution in [3.8, 4) is 17.0 Å². The number of methoxy groups -OCH3 is 1. The Labute approximate surface area is 205 Å². The molecular formula is C25H21N5O4S. The van der Waals surface area contributed by atoms with Crippen molar-refractivity contribution < 1.29 is 14.3 Å². The molecule has 0 radical (unpaired) electrons. The fourth-order valence-electron chi connectivity index (χ4n) is 3.15. The Morgan fingerprint density at radius 2 is 1.63 bits per heavy atom. The fourth-order valence-corrected chi connectivity index (χ4v) is 3.75. The minimum atomic E-state index is -0.487. The standard InChI is InChI=1S/C25H21N5O4S/c1-34-18-13-11-17(12-14-18)26-21(31)15-35-25-28-24(33)22(29-30-25)19-9-5-6-10-20(19)27-23(32)16-7-3-2-4-8-16/h2-14H,15H2,1H3,(H,26,31)(H,27,32)(H,28,30,33). The van der Waals surface area contributed by atoms with Crippen LogP contribution in [-0.4, -0.2) is 39.9 Å². The first-order valence-electron chi connectivity index (χ1n) is 10.5. The van der Waals surface area contributed by atoms with E-state index in [1.54, 1.807) is 79.9 Å². The Bertz CT molecular complexity index is 1390. The molecule has 1 aromatic heterocycles. The summed E-state index contributed by atoms with van der Waals surface area (Å²) >= 11 is 1.05. The molecule has 4 rings (SSSR count). The summed E-state index contributed by atoms with van der Waals surface area (Å²) in [6.45, 7) is 0. The number of para-hydroxylation sites is 1. The number of nitrogens with zero attached hydrogens (tertiary/aromatic N) is 2. The third-order valence-electron chi connectivity index (χ3n) is 4.86. The van der Waals surface area contributed by atoms with Crippen LogP contribution in [0, 0.1) is 0 Å². The molecule has 0 fully saturated rings. The third kappa shape index (κ3) is 6.12. The van der Waals surface area contributed by atoms with Gasteiger partial charge >= 0.3 is 0 Å². The number of amides is 2. The van der Waals surface area contributed by atoms with Gasteiger partial charge in [0.2, 0.25) is 5.91 Å². The predicted octanol–water partition coefficient (Wildman–Crippen LogP) is 3.82. The maximum Gasteiger partial charge on any atom is 0.278 e. The summed E-state index contributed by atoms with van der Waals surface area (Å²) in [6, 6.07) is 22.5. The van der Waals surface area contributed by atoms with Gasteiger partial charge in [-0.1, -0.05) is 48.2 Å². The van der Waals surface area contributed by atoms with E-state index < -0.39 is 5.56 Å². The topological polar surface area (TPSA) is 126 Å². The van der Waals surface area contributed by atoms with Gasteiger partial charge in [-0.3, -0.25) is 19.4 Å². The highest BCUT2D eigenvalue weighted by Gasteiger charge is 2.15. The van der Waals surface area contributed by atoms with Gasteiger partial charge in [-0.15, -0.1) is 10.2 Å². The molecule has 0 aliphatic carbocycles. The first-order valence-corrected chi connectivity index (χ1v) is 11.5. The molecule has 176 valence electrons. The number of carbonyl (C=O) groups is 2. The van der Waals surface area contributed by atoms with Gasteiger partial charge in [-0.05, 0) is 42.5 Å². The van der Waals surface area contributed by atoms with Crippen LogP contribution in [0.1, 0.15) is 10.4 Å². The Hall–Kier alpha value is -4.44. The van der Waals surface area contributed by atoms with Crippen LogP contribution in [-0.2, 0) is 4.79 Å². The van der Waals surface area contributed by atoms with E-state index >= 15 is 0 Å². The molecule has 3 N–H and O–H groups in total. The number of aromatic amines is 1. The highest BCUT2D eigenvalue weighted by Crippen LogP contribution is 2.24. The number of anilines is 2. The van der Waals surface area contributed by atoms with Crippen molar-refractivity contribution in [2.24, 2.45) is 0 Å². The van der Waals surface area contributed by atoms with Crippen LogP contribution >= 0.6 is 11.8 Å². The van der Waals surface area contributed by atoms with Crippen LogP contribution in [0.3, 0.4) is 0 Å². The zero-order valence-corrected chi connectivity index (χ0v) is 19.5. The van der Waals surface area contributed by atoms with E-state index in [2.05, 4.69) is 25.8 Å². The maximum atomic E-state index is 12.7. The third-order valence-corrected chi connectivity index (χ3v) is 5.72. The lowest BCUT2D eigenvalue weighted by Crippen LogP contribution is -2.18. The molecule has 0 aliphatic rings. The number of aromatic nitrogens is 3. The second-order valence-electron chi connectivity index (χ2n) is 7.24. The van der Waals surface area contributed by atoms with Crippen molar-refractivity contribution in [3.05, 3.63) is 94.8 Å². The SMILES string of the molecule is COc1ccc(NC(=O)CSc2nnc(-c3ccccc3NC(=O)c3ccccc3)c(=O)[nH]2)cc1. The molecule has 1 heterocycles. The summed E-state index contributed by atoms with van der Waals surface area (Å²) in [5.41, 5.74) is 1.54. The number of hydrogen-bond donors (Lipinski definition) is 3. The second kappa shape index (κ2) is 11.1. The fraction of sp³-hybridized carbons (Fsp3) is 0.0800. The van der Waals surface area contributed by atoms with Gasteiger partial charge < -0.3 is 15.4 Å². The molecule has 0 saturated carbocycles.